The molecule has 1 aliphatic heterocycles. The molecule has 0 aromatic rings. The normalized spacial score (nSPS) is 28.1. The van der Waals surface area contributed by atoms with E-state index < -0.39 is 5.97 Å². The van der Waals surface area contributed by atoms with Crippen LogP contribution >= 0.6 is 0 Å². The van der Waals surface area contributed by atoms with Gasteiger partial charge in [-0.05, 0) is 24.7 Å². The van der Waals surface area contributed by atoms with Crippen molar-refractivity contribution in [2.24, 2.45) is 5.41 Å². The van der Waals surface area contributed by atoms with Gasteiger partial charge in [0.15, 0.2) is 0 Å². The van der Waals surface area contributed by atoms with Gasteiger partial charge in [-0.3, -0.25) is 4.79 Å². The van der Waals surface area contributed by atoms with E-state index >= 15 is 0 Å². The van der Waals surface area contributed by atoms with Crippen molar-refractivity contribution in [3.8, 4) is 0 Å². The second kappa shape index (κ2) is 3.87. The fourth-order valence-electron chi connectivity index (χ4n) is 2.09. The molecule has 2 fully saturated rings. The molecule has 1 atom stereocenters. The first-order valence-electron chi connectivity index (χ1n) is 5.23. The van der Waals surface area contributed by atoms with Crippen LogP contribution in [0.25, 0.3) is 0 Å². The number of hydrogen-bond acceptors (Lipinski definition) is 3. The molecule has 2 rings (SSSR count). The molecule has 2 aliphatic rings. The summed E-state index contributed by atoms with van der Waals surface area (Å²) in [6.45, 7) is 2.12. The van der Waals surface area contributed by atoms with E-state index in [1.54, 1.807) is 0 Å². The Labute approximate surface area is 83.6 Å². The van der Waals surface area contributed by atoms with Crippen molar-refractivity contribution in [1.29, 1.82) is 0 Å². The van der Waals surface area contributed by atoms with Crippen molar-refractivity contribution >= 4 is 5.97 Å². The lowest BCUT2D eigenvalue weighted by Crippen LogP contribution is -2.27. The van der Waals surface area contributed by atoms with E-state index in [4.69, 9.17) is 9.84 Å². The zero-order chi connectivity index (χ0) is 10.0. The van der Waals surface area contributed by atoms with Gasteiger partial charge < -0.3 is 15.2 Å². The van der Waals surface area contributed by atoms with Gasteiger partial charge >= 0.3 is 5.97 Å². The monoisotopic (exact) mass is 199 g/mol. The van der Waals surface area contributed by atoms with E-state index in [9.17, 15) is 4.79 Å². The molecular weight excluding hydrogens is 182 g/mol. The molecular formula is C10H17NO3. The first kappa shape index (κ1) is 9.93. The number of nitrogens with one attached hydrogen (secondary N) is 1. The maximum atomic E-state index is 10.2. The van der Waals surface area contributed by atoms with E-state index in [1.165, 1.54) is 19.3 Å². The van der Waals surface area contributed by atoms with E-state index in [0.717, 1.165) is 6.54 Å². The van der Waals surface area contributed by atoms with Gasteiger partial charge in [0.1, 0.15) is 0 Å². The summed E-state index contributed by atoms with van der Waals surface area (Å²) in [6, 6.07) is 0.450. The standard InChI is InChI=1S/C10H17NO3/c12-9(13)1-4-14-6-8-5-10(2-3-10)7-11-8/h8,11H,1-7H2,(H,12,13)/t8-/m1/s1. The zero-order valence-electron chi connectivity index (χ0n) is 8.29. The Morgan fingerprint density at radius 1 is 1.57 bits per heavy atom. The Kier molecular flexibility index (Phi) is 2.74. The van der Waals surface area contributed by atoms with E-state index in [2.05, 4.69) is 5.32 Å². The topological polar surface area (TPSA) is 58.6 Å². The first-order chi connectivity index (χ1) is 6.70. The number of rotatable bonds is 5. The van der Waals surface area contributed by atoms with Gasteiger partial charge in [0.05, 0.1) is 19.6 Å². The molecule has 0 amide bonds. The summed E-state index contributed by atoms with van der Waals surface area (Å²) in [5.41, 5.74) is 0.598. The molecule has 4 heteroatoms. The highest BCUT2D eigenvalue weighted by atomic mass is 16.5. The molecule has 4 nitrogen and oxygen atoms in total. The minimum absolute atomic E-state index is 0.109. The maximum Gasteiger partial charge on any atom is 0.305 e. The van der Waals surface area contributed by atoms with Crippen LogP contribution in [0.3, 0.4) is 0 Å². The van der Waals surface area contributed by atoms with Crippen LogP contribution in [0.15, 0.2) is 0 Å². The summed E-state index contributed by atoms with van der Waals surface area (Å²) >= 11 is 0. The molecule has 0 radical (unpaired) electrons. The predicted molar refractivity (Wildman–Crippen MR) is 51.1 cm³/mol. The van der Waals surface area contributed by atoms with Crippen molar-refractivity contribution in [1.82, 2.24) is 5.32 Å². The summed E-state index contributed by atoms with van der Waals surface area (Å²) in [5.74, 6) is -0.789. The smallest absolute Gasteiger partial charge is 0.305 e. The molecule has 0 aromatic carbocycles. The molecule has 0 aromatic heterocycles. The predicted octanol–water partition coefficient (Wildman–Crippen LogP) is 0.620. The Morgan fingerprint density at radius 2 is 2.36 bits per heavy atom. The molecule has 80 valence electrons. The third-order valence-corrected chi connectivity index (χ3v) is 3.18. The Hall–Kier alpha value is -0.610. The number of ether oxygens (including phenoxy) is 1. The van der Waals surface area contributed by atoms with E-state index in [1.807, 2.05) is 0 Å². The fourth-order valence-corrected chi connectivity index (χ4v) is 2.09. The van der Waals surface area contributed by atoms with Crippen LogP contribution < -0.4 is 5.32 Å². The van der Waals surface area contributed by atoms with Crippen molar-refractivity contribution in [3.63, 3.8) is 0 Å². The van der Waals surface area contributed by atoms with Crippen molar-refractivity contribution in [2.75, 3.05) is 19.8 Å². The minimum Gasteiger partial charge on any atom is -0.481 e. The van der Waals surface area contributed by atoms with Crippen LogP contribution in [0, 0.1) is 5.41 Å². The highest BCUT2D eigenvalue weighted by Gasteiger charge is 2.47. The van der Waals surface area contributed by atoms with Gasteiger partial charge in [0.25, 0.3) is 0 Å². The lowest BCUT2D eigenvalue weighted by atomic mass is 10.0. The number of aliphatic carboxylic acids is 1. The van der Waals surface area contributed by atoms with Gasteiger partial charge in [-0.25, -0.2) is 0 Å². The molecule has 1 saturated carbocycles. The summed E-state index contributed by atoms with van der Waals surface area (Å²) in [6.07, 6.45) is 4.02. The average molecular weight is 199 g/mol. The quantitative estimate of drug-likeness (QED) is 0.637. The second-order valence-corrected chi connectivity index (χ2v) is 4.50. The number of hydrogen-bond donors (Lipinski definition) is 2. The Balaban J connectivity index is 1.56. The van der Waals surface area contributed by atoms with E-state index in [-0.39, 0.29) is 6.42 Å². The summed E-state index contributed by atoms with van der Waals surface area (Å²) in [4.78, 5) is 10.2. The van der Waals surface area contributed by atoms with Crippen LogP contribution in [0.5, 0.6) is 0 Å². The maximum absolute atomic E-state index is 10.2. The summed E-state index contributed by atoms with van der Waals surface area (Å²) in [7, 11) is 0. The molecule has 0 unspecified atom stereocenters. The Morgan fingerprint density at radius 3 is 2.93 bits per heavy atom. The molecule has 0 bridgehead atoms. The van der Waals surface area contributed by atoms with Gasteiger partial charge in [-0.15, -0.1) is 0 Å². The number of carboxylic acids is 1. The van der Waals surface area contributed by atoms with Crippen LogP contribution in [-0.2, 0) is 9.53 Å². The van der Waals surface area contributed by atoms with E-state index in [0.29, 0.717) is 24.7 Å². The zero-order valence-corrected chi connectivity index (χ0v) is 8.29. The molecule has 14 heavy (non-hydrogen) atoms. The van der Waals surface area contributed by atoms with Crippen LogP contribution in [0.4, 0.5) is 0 Å². The van der Waals surface area contributed by atoms with Gasteiger partial charge in [0, 0.05) is 12.6 Å². The summed E-state index contributed by atoms with van der Waals surface area (Å²) in [5, 5.41) is 11.8. The molecule has 1 heterocycles. The third-order valence-electron chi connectivity index (χ3n) is 3.18. The van der Waals surface area contributed by atoms with Gasteiger partial charge in [-0.2, -0.15) is 0 Å². The van der Waals surface area contributed by atoms with Crippen LogP contribution in [0.1, 0.15) is 25.7 Å². The summed E-state index contributed by atoms with van der Waals surface area (Å²) < 4.78 is 5.31. The highest BCUT2D eigenvalue weighted by molar-refractivity contribution is 5.66. The number of carboxylic acid groups (broad SMARTS) is 1. The van der Waals surface area contributed by atoms with Crippen LogP contribution in [0.2, 0.25) is 0 Å². The fraction of sp³-hybridized carbons (Fsp3) is 0.900. The van der Waals surface area contributed by atoms with Crippen molar-refractivity contribution in [3.05, 3.63) is 0 Å². The molecule has 1 aliphatic carbocycles. The molecule has 2 N–H and O–H groups in total. The molecule has 1 spiro atoms. The van der Waals surface area contributed by atoms with Crippen molar-refractivity contribution < 1.29 is 14.6 Å². The van der Waals surface area contributed by atoms with Crippen LogP contribution in [-0.4, -0.2) is 36.9 Å². The minimum atomic E-state index is -0.789. The lowest BCUT2D eigenvalue weighted by Gasteiger charge is -2.10. The highest BCUT2D eigenvalue weighted by Crippen LogP contribution is 2.51. The Bertz CT molecular complexity index is 225. The lowest BCUT2D eigenvalue weighted by molar-refractivity contribution is -0.138. The van der Waals surface area contributed by atoms with Gasteiger partial charge in [0.2, 0.25) is 0 Å². The van der Waals surface area contributed by atoms with Gasteiger partial charge in [-0.1, -0.05) is 0 Å². The van der Waals surface area contributed by atoms with Crippen molar-refractivity contribution in [2.45, 2.75) is 31.7 Å². The average Bonchev–Trinajstić information content (AvgIpc) is 2.74. The SMILES string of the molecule is O=C(O)CCOC[C@H]1CC2(CC2)CN1. The number of carbonyl (C=O) groups is 1. The largest absolute Gasteiger partial charge is 0.481 e. The first-order valence-corrected chi connectivity index (χ1v) is 5.23. The second-order valence-electron chi connectivity index (χ2n) is 4.50. The third kappa shape index (κ3) is 2.45. The molecule has 1 saturated heterocycles.